The molecule has 1 aromatic heterocycles. The zero-order chi connectivity index (χ0) is 19.0. The Labute approximate surface area is 154 Å². The van der Waals surface area contributed by atoms with Crippen LogP contribution in [0.5, 0.6) is 0 Å². The SMILES string of the molecule is C[C@@H]1CN(c2ccccc2C#N)C(=O)CN1C(=O)c1ccc2nonc2c1. The molecule has 27 heavy (non-hydrogen) atoms. The van der Waals surface area contributed by atoms with Crippen molar-refractivity contribution in [3.8, 4) is 6.07 Å². The zero-order valence-corrected chi connectivity index (χ0v) is 14.5. The summed E-state index contributed by atoms with van der Waals surface area (Å²) in [5.74, 6) is -0.484. The summed E-state index contributed by atoms with van der Waals surface area (Å²) in [5, 5.41) is 16.8. The van der Waals surface area contributed by atoms with Gasteiger partial charge in [0.2, 0.25) is 5.91 Å². The molecule has 134 valence electrons. The molecule has 0 saturated carbocycles. The molecule has 3 aromatic rings. The number of hydrogen-bond acceptors (Lipinski definition) is 6. The number of piperazine rings is 1. The molecule has 1 aliphatic heterocycles. The van der Waals surface area contributed by atoms with Crippen LogP contribution in [0, 0.1) is 11.3 Å². The van der Waals surface area contributed by atoms with Crippen LogP contribution in [0.15, 0.2) is 47.1 Å². The topological polar surface area (TPSA) is 103 Å². The number of nitriles is 1. The van der Waals surface area contributed by atoms with Crippen LogP contribution in [0.1, 0.15) is 22.8 Å². The molecular formula is C19H15N5O3. The van der Waals surface area contributed by atoms with Gasteiger partial charge in [-0.25, -0.2) is 4.63 Å². The quantitative estimate of drug-likeness (QED) is 0.691. The van der Waals surface area contributed by atoms with E-state index in [4.69, 9.17) is 0 Å². The first kappa shape index (κ1) is 16.7. The minimum atomic E-state index is -0.256. The van der Waals surface area contributed by atoms with E-state index >= 15 is 0 Å². The smallest absolute Gasteiger partial charge is 0.254 e. The molecule has 1 saturated heterocycles. The van der Waals surface area contributed by atoms with E-state index in [1.54, 1.807) is 47.4 Å². The van der Waals surface area contributed by atoms with Gasteiger partial charge < -0.3 is 9.80 Å². The molecule has 0 aliphatic carbocycles. The Bertz CT molecular complexity index is 1080. The summed E-state index contributed by atoms with van der Waals surface area (Å²) in [5.41, 5.74) is 2.47. The van der Waals surface area contributed by atoms with Gasteiger partial charge in [-0.15, -0.1) is 0 Å². The van der Waals surface area contributed by atoms with Crippen molar-refractivity contribution < 1.29 is 14.2 Å². The maximum absolute atomic E-state index is 12.9. The molecule has 1 atom stereocenters. The average Bonchev–Trinajstić information content (AvgIpc) is 3.16. The Morgan fingerprint density at radius 1 is 1.22 bits per heavy atom. The first-order valence-corrected chi connectivity index (χ1v) is 8.41. The van der Waals surface area contributed by atoms with Crippen molar-refractivity contribution in [3.05, 3.63) is 53.6 Å². The van der Waals surface area contributed by atoms with Crippen LogP contribution >= 0.6 is 0 Å². The van der Waals surface area contributed by atoms with Gasteiger partial charge in [0.15, 0.2) is 0 Å². The Morgan fingerprint density at radius 2 is 2.00 bits per heavy atom. The Balaban J connectivity index is 1.59. The number of aromatic nitrogens is 2. The van der Waals surface area contributed by atoms with E-state index in [2.05, 4.69) is 21.0 Å². The van der Waals surface area contributed by atoms with Gasteiger partial charge >= 0.3 is 0 Å². The number of hydrogen-bond donors (Lipinski definition) is 0. The monoisotopic (exact) mass is 361 g/mol. The van der Waals surface area contributed by atoms with E-state index in [9.17, 15) is 14.9 Å². The van der Waals surface area contributed by atoms with E-state index in [1.165, 1.54) is 4.90 Å². The van der Waals surface area contributed by atoms with Crippen LogP contribution in [0.4, 0.5) is 5.69 Å². The first-order valence-electron chi connectivity index (χ1n) is 8.41. The average molecular weight is 361 g/mol. The lowest BCUT2D eigenvalue weighted by molar-refractivity contribution is -0.121. The molecule has 2 heterocycles. The fourth-order valence-corrected chi connectivity index (χ4v) is 3.24. The number of anilines is 1. The minimum absolute atomic E-state index is 0.0606. The number of carbonyl (C=O) groups is 2. The van der Waals surface area contributed by atoms with E-state index in [0.717, 1.165) is 0 Å². The molecule has 0 unspecified atom stereocenters. The minimum Gasteiger partial charge on any atom is -0.325 e. The molecule has 1 fully saturated rings. The number of amides is 2. The van der Waals surface area contributed by atoms with Gasteiger partial charge in [0.1, 0.15) is 23.6 Å². The Morgan fingerprint density at radius 3 is 2.81 bits per heavy atom. The van der Waals surface area contributed by atoms with E-state index in [1.807, 2.05) is 6.92 Å². The molecule has 0 spiro atoms. The molecule has 2 aromatic carbocycles. The summed E-state index contributed by atoms with van der Waals surface area (Å²) in [4.78, 5) is 28.7. The number of nitrogens with zero attached hydrogens (tertiary/aromatic N) is 5. The van der Waals surface area contributed by atoms with Gasteiger partial charge in [-0.3, -0.25) is 9.59 Å². The Kier molecular flexibility index (Phi) is 4.05. The third kappa shape index (κ3) is 2.89. The van der Waals surface area contributed by atoms with Crippen molar-refractivity contribution >= 4 is 28.5 Å². The summed E-state index contributed by atoms with van der Waals surface area (Å²) >= 11 is 0. The molecule has 8 nitrogen and oxygen atoms in total. The van der Waals surface area contributed by atoms with Gasteiger partial charge in [0.25, 0.3) is 5.91 Å². The molecular weight excluding hydrogens is 346 g/mol. The number of para-hydroxylation sites is 1. The second-order valence-electron chi connectivity index (χ2n) is 6.38. The second kappa shape index (κ2) is 6.53. The number of rotatable bonds is 2. The van der Waals surface area contributed by atoms with Crippen LogP contribution in [-0.4, -0.2) is 46.2 Å². The van der Waals surface area contributed by atoms with Gasteiger partial charge in [-0.2, -0.15) is 5.26 Å². The van der Waals surface area contributed by atoms with E-state index in [-0.39, 0.29) is 24.4 Å². The standard InChI is InChI=1S/C19H15N5O3/c1-12-10-24(17-5-3-2-4-14(17)9-20)18(25)11-23(12)19(26)13-6-7-15-16(8-13)22-27-21-15/h2-8,12H,10-11H2,1H3/t12-/m1/s1. The third-order valence-corrected chi connectivity index (χ3v) is 4.66. The lowest BCUT2D eigenvalue weighted by Crippen LogP contribution is -2.57. The second-order valence-corrected chi connectivity index (χ2v) is 6.38. The first-order chi connectivity index (χ1) is 13.1. The summed E-state index contributed by atoms with van der Waals surface area (Å²) in [6.07, 6.45) is 0. The zero-order valence-electron chi connectivity index (χ0n) is 14.5. The summed E-state index contributed by atoms with van der Waals surface area (Å²) in [7, 11) is 0. The molecule has 0 bridgehead atoms. The highest BCUT2D eigenvalue weighted by Crippen LogP contribution is 2.25. The van der Waals surface area contributed by atoms with Gasteiger partial charge in [0, 0.05) is 18.2 Å². The molecule has 1 aliphatic rings. The molecule has 0 radical (unpaired) electrons. The Hall–Kier alpha value is -3.73. The predicted octanol–water partition coefficient (Wildman–Crippen LogP) is 1.97. The molecule has 2 amide bonds. The van der Waals surface area contributed by atoms with Crippen molar-refractivity contribution in [2.75, 3.05) is 18.0 Å². The van der Waals surface area contributed by atoms with Gasteiger partial charge in [-0.05, 0) is 47.6 Å². The fourth-order valence-electron chi connectivity index (χ4n) is 3.24. The molecule has 0 N–H and O–H groups in total. The summed E-state index contributed by atoms with van der Waals surface area (Å²) in [6, 6.07) is 13.7. The summed E-state index contributed by atoms with van der Waals surface area (Å²) < 4.78 is 4.66. The van der Waals surface area contributed by atoms with Crippen LogP contribution in [0.2, 0.25) is 0 Å². The highest BCUT2D eigenvalue weighted by Gasteiger charge is 2.34. The summed E-state index contributed by atoms with van der Waals surface area (Å²) in [6.45, 7) is 2.13. The molecule has 8 heteroatoms. The van der Waals surface area contributed by atoms with E-state index in [0.29, 0.717) is 34.4 Å². The van der Waals surface area contributed by atoms with Crippen molar-refractivity contribution in [1.29, 1.82) is 5.26 Å². The maximum atomic E-state index is 12.9. The van der Waals surface area contributed by atoms with Crippen molar-refractivity contribution in [2.24, 2.45) is 0 Å². The maximum Gasteiger partial charge on any atom is 0.254 e. The van der Waals surface area contributed by atoms with Crippen molar-refractivity contribution in [3.63, 3.8) is 0 Å². The lowest BCUT2D eigenvalue weighted by atomic mass is 10.1. The molecule has 4 rings (SSSR count). The fraction of sp³-hybridized carbons (Fsp3) is 0.211. The van der Waals surface area contributed by atoms with Crippen LogP contribution in [0.25, 0.3) is 11.0 Å². The van der Waals surface area contributed by atoms with Crippen molar-refractivity contribution in [1.82, 2.24) is 15.2 Å². The normalized spacial score (nSPS) is 17.2. The van der Waals surface area contributed by atoms with Gasteiger partial charge in [0.05, 0.1) is 11.3 Å². The third-order valence-electron chi connectivity index (χ3n) is 4.66. The van der Waals surface area contributed by atoms with E-state index < -0.39 is 0 Å². The largest absolute Gasteiger partial charge is 0.325 e. The van der Waals surface area contributed by atoms with Crippen molar-refractivity contribution in [2.45, 2.75) is 13.0 Å². The predicted molar refractivity (Wildman–Crippen MR) is 95.8 cm³/mol. The van der Waals surface area contributed by atoms with Crippen LogP contribution < -0.4 is 4.90 Å². The highest BCUT2D eigenvalue weighted by molar-refractivity contribution is 6.03. The van der Waals surface area contributed by atoms with Gasteiger partial charge in [-0.1, -0.05) is 12.1 Å². The highest BCUT2D eigenvalue weighted by atomic mass is 16.6. The number of carbonyl (C=O) groups excluding carboxylic acids is 2. The van der Waals surface area contributed by atoms with Crippen LogP contribution in [0.3, 0.4) is 0 Å². The number of fused-ring (bicyclic) bond motifs is 1. The lowest BCUT2D eigenvalue weighted by Gasteiger charge is -2.39. The van der Waals surface area contributed by atoms with Crippen LogP contribution in [-0.2, 0) is 4.79 Å². The number of benzene rings is 2.